The van der Waals surface area contributed by atoms with Crippen molar-refractivity contribution in [3.05, 3.63) is 133 Å². The molecule has 0 N–H and O–H groups in total. The average molecular weight is 795 g/mol. The van der Waals surface area contributed by atoms with Gasteiger partial charge in [-0.25, -0.2) is 4.98 Å². The van der Waals surface area contributed by atoms with Gasteiger partial charge in [-0.2, -0.15) is 11.2 Å². The Morgan fingerprint density at radius 2 is 1.45 bits per heavy atom. The Kier molecular flexibility index (Phi) is 8.07. The number of nitrogens with zero attached hydrogens (tertiary/aromatic N) is 5. The van der Waals surface area contributed by atoms with Gasteiger partial charge in [0, 0.05) is 23.6 Å². The maximum atomic E-state index is 6.31. The van der Waals surface area contributed by atoms with Crippen LogP contribution >= 0.6 is 0 Å². The van der Waals surface area contributed by atoms with E-state index in [2.05, 4.69) is 99.1 Å². The SMILES string of the molecule is CC(C)c1cccc(C(C)C)c1-c1cnn(-c2[c-]c(Oc3cccc(-n4c5ccccc5c5c6ccccc6[n-]c54)n3)ccc2)c1.[Pt+2]. The first-order chi connectivity index (χ1) is 22.5. The van der Waals surface area contributed by atoms with E-state index in [-0.39, 0.29) is 21.1 Å². The van der Waals surface area contributed by atoms with Gasteiger partial charge in [-0.1, -0.05) is 100 Å². The Morgan fingerprint density at radius 3 is 2.23 bits per heavy atom. The number of fused-ring (bicyclic) bond motifs is 5. The van der Waals surface area contributed by atoms with Crippen LogP contribution in [0.2, 0.25) is 0 Å². The summed E-state index contributed by atoms with van der Waals surface area (Å²) >= 11 is 0. The van der Waals surface area contributed by atoms with Gasteiger partial charge in [0.25, 0.3) is 0 Å². The topological polar surface area (TPSA) is 59.0 Å². The van der Waals surface area contributed by atoms with Crippen LogP contribution in [0.1, 0.15) is 50.7 Å². The van der Waals surface area contributed by atoms with Crippen molar-refractivity contribution in [2.24, 2.45) is 0 Å². The molecular weight excluding hydrogens is 762 g/mol. The molecule has 6 nitrogen and oxygen atoms in total. The first-order valence-electron chi connectivity index (χ1n) is 15.8. The molecule has 0 atom stereocenters. The smallest absolute Gasteiger partial charge is 0.466 e. The second-order valence-electron chi connectivity index (χ2n) is 12.3. The molecule has 0 radical (unpaired) electrons. The molecule has 0 saturated carbocycles. The van der Waals surface area contributed by atoms with Crippen molar-refractivity contribution in [1.29, 1.82) is 0 Å². The monoisotopic (exact) mass is 794 g/mol. The third-order valence-corrected chi connectivity index (χ3v) is 8.65. The maximum Gasteiger partial charge on any atom is 2.00 e. The predicted molar refractivity (Wildman–Crippen MR) is 185 cm³/mol. The van der Waals surface area contributed by atoms with Crippen LogP contribution < -0.4 is 9.72 Å². The van der Waals surface area contributed by atoms with Crippen LogP contribution in [-0.2, 0) is 21.1 Å². The van der Waals surface area contributed by atoms with Crippen molar-refractivity contribution in [2.75, 3.05) is 0 Å². The van der Waals surface area contributed by atoms with E-state index in [1.807, 2.05) is 59.4 Å². The van der Waals surface area contributed by atoms with Crippen molar-refractivity contribution in [3.63, 3.8) is 0 Å². The summed E-state index contributed by atoms with van der Waals surface area (Å²) in [5, 5.41) is 8.16. The number of ether oxygens (including phenoxy) is 1. The molecule has 7 heteroatoms. The molecule has 0 spiro atoms. The number of hydrogen-bond acceptors (Lipinski definition) is 3. The van der Waals surface area contributed by atoms with E-state index < -0.39 is 0 Å². The minimum Gasteiger partial charge on any atom is -0.466 e. The van der Waals surface area contributed by atoms with Crippen molar-refractivity contribution in [3.8, 4) is 34.3 Å². The van der Waals surface area contributed by atoms with Crippen molar-refractivity contribution in [1.82, 2.24) is 24.3 Å². The van der Waals surface area contributed by atoms with Crippen LogP contribution in [0.4, 0.5) is 0 Å². The number of hydrogen-bond donors (Lipinski definition) is 0. The molecule has 0 unspecified atom stereocenters. The van der Waals surface area contributed by atoms with Gasteiger partial charge >= 0.3 is 21.1 Å². The van der Waals surface area contributed by atoms with E-state index in [0.717, 1.165) is 49.9 Å². The summed E-state index contributed by atoms with van der Waals surface area (Å²) < 4.78 is 10.3. The number of para-hydroxylation sites is 2. The fourth-order valence-corrected chi connectivity index (χ4v) is 6.52. The molecular formula is C40H33N5OPt. The third-order valence-electron chi connectivity index (χ3n) is 8.65. The summed E-state index contributed by atoms with van der Waals surface area (Å²) in [6.07, 6.45) is 4.03. The molecule has 0 fully saturated rings. The minimum absolute atomic E-state index is 0. The Bertz CT molecular complexity index is 2350. The zero-order chi connectivity index (χ0) is 31.4. The molecule has 0 aliphatic heterocycles. The van der Waals surface area contributed by atoms with Crippen LogP contribution in [0.15, 0.2) is 116 Å². The minimum atomic E-state index is 0. The van der Waals surface area contributed by atoms with Gasteiger partial charge in [-0.15, -0.1) is 18.2 Å². The Hall–Kier alpha value is -4.93. The van der Waals surface area contributed by atoms with E-state index in [4.69, 9.17) is 19.8 Å². The van der Waals surface area contributed by atoms with Crippen molar-refractivity contribution < 1.29 is 25.8 Å². The second-order valence-corrected chi connectivity index (χ2v) is 12.3. The molecule has 0 saturated heterocycles. The van der Waals surface area contributed by atoms with Gasteiger partial charge in [-0.3, -0.25) is 4.68 Å². The van der Waals surface area contributed by atoms with E-state index >= 15 is 0 Å². The standard InChI is InChI=1S/C40H33N5O.Pt/c1-25(2)30-16-10-17-31(26(3)4)38(30)27-23-41-44(24-27)28-12-9-13-29(22-28)46-37-21-11-20-36(43-37)45-35-19-8-6-15-33(35)39-32-14-5-7-18-34(32)42-40(39)45;/h5-21,23-26H,1-4H3;/q-2;+2. The fourth-order valence-electron chi connectivity index (χ4n) is 6.52. The van der Waals surface area contributed by atoms with Gasteiger partial charge in [0.2, 0.25) is 5.88 Å². The fraction of sp³-hybridized carbons (Fsp3) is 0.150. The summed E-state index contributed by atoms with van der Waals surface area (Å²) in [6.45, 7) is 8.96. The van der Waals surface area contributed by atoms with Gasteiger partial charge in [0.05, 0.1) is 12.0 Å². The summed E-state index contributed by atoms with van der Waals surface area (Å²) in [5.74, 6) is 2.58. The molecule has 234 valence electrons. The quantitative estimate of drug-likeness (QED) is 0.151. The summed E-state index contributed by atoms with van der Waals surface area (Å²) in [5.41, 5.74) is 8.73. The molecule has 4 heterocycles. The normalized spacial score (nSPS) is 11.6. The Balaban J connectivity index is 0.00000351. The Labute approximate surface area is 288 Å². The van der Waals surface area contributed by atoms with E-state index in [1.165, 1.54) is 16.7 Å². The number of pyridine rings is 1. The molecule has 4 aromatic carbocycles. The molecule has 0 amide bonds. The van der Waals surface area contributed by atoms with Crippen LogP contribution in [0.5, 0.6) is 11.6 Å². The molecule has 0 aliphatic carbocycles. The van der Waals surface area contributed by atoms with Crippen molar-refractivity contribution in [2.45, 2.75) is 39.5 Å². The zero-order valence-electron chi connectivity index (χ0n) is 26.6. The van der Waals surface area contributed by atoms with Gasteiger partial charge in [0.15, 0.2) is 0 Å². The molecule has 8 rings (SSSR count). The molecule has 0 bridgehead atoms. The summed E-state index contributed by atoms with van der Waals surface area (Å²) in [6, 6.07) is 38.3. The van der Waals surface area contributed by atoms with Crippen LogP contribution in [0.3, 0.4) is 0 Å². The second kappa shape index (κ2) is 12.3. The first kappa shape index (κ1) is 30.7. The maximum absolute atomic E-state index is 6.31. The third kappa shape index (κ3) is 5.37. The van der Waals surface area contributed by atoms with E-state index in [1.54, 1.807) is 0 Å². The summed E-state index contributed by atoms with van der Waals surface area (Å²) in [7, 11) is 0. The van der Waals surface area contributed by atoms with Crippen molar-refractivity contribution >= 4 is 32.8 Å². The average Bonchev–Trinajstić information content (AvgIpc) is 3.78. The largest absolute Gasteiger partial charge is 2.00 e. The number of rotatable bonds is 7. The predicted octanol–water partition coefficient (Wildman–Crippen LogP) is 9.98. The molecule has 8 aromatic rings. The number of aromatic nitrogens is 5. The zero-order valence-corrected chi connectivity index (χ0v) is 28.9. The van der Waals surface area contributed by atoms with E-state index in [9.17, 15) is 0 Å². The molecule has 4 aromatic heterocycles. The van der Waals surface area contributed by atoms with Gasteiger partial charge in [0.1, 0.15) is 0 Å². The van der Waals surface area contributed by atoms with Crippen LogP contribution in [-0.4, -0.2) is 19.3 Å². The van der Waals surface area contributed by atoms with Gasteiger partial charge in [-0.05, 0) is 73.1 Å². The van der Waals surface area contributed by atoms with E-state index in [0.29, 0.717) is 23.5 Å². The summed E-state index contributed by atoms with van der Waals surface area (Å²) in [4.78, 5) is 9.95. The van der Waals surface area contributed by atoms with Gasteiger partial charge < -0.3 is 14.3 Å². The molecule has 47 heavy (non-hydrogen) atoms. The Morgan fingerprint density at radius 1 is 0.745 bits per heavy atom. The number of benzene rings is 4. The van der Waals surface area contributed by atoms with Crippen LogP contribution in [0.25, 0.3) is 55.5 Å². The molecule has 0 aliphatic rings. The first-order valence-corrected chi connectivity index (χ1v) is 15.8. The van der Waals surface area contributed by atoms with Crippen LogP contribution in [0, 0.1) is 6.07 Å².